The van der Waals surface area contributed by atoms with E-state index in [4.69, 9.17) is 0 Å². The summed E-state index contributed by atoms with van der Waals surface area (Å²) in [5.74, 6) is -1.47. The number of imide groups is 1. The number of hydrogen-bond acceptors (Lipinski definition) is 2. The van der Waals surface area contributed by atoms with Crippen LogP contribution in [0.2, 0.25) is 0 Å². The fourth-order valence-corrected chi connectivity index (χ4v) is 2.19. The Morgan fingerprint density at radius 3 is 2.56 bits per heavy atom. The molecule has 1 heterocycles. The first kappa shape index (κ1) is 12.7. The van der Waals surface area contributed by atoms with Gasteiger partial charge in [-0.1, -0.05) is 32.3 Å². The highest BCUT2D eigenvalue weighted by molar-refractivity contribution is 6.21. The van der Waals surface area contributed by atoms with Gasteiger partial charge in [-0.05, 0) is 18.6 Å². The minimum atomic E-state index is -0.609. The normalized spacial score (nSPS) is 14.2. The summed E-state index contributed by atoms with van der Waals surface area (Å²) in [5, 5.41) is 0. The van der Waals surface area contributed by atoms with Gasteiger partial charge in [0.1, 0.15) is 5.82 Å². The predicted octanol–water partition coefficient (Wildman–Crippen LogP) is 3.00. The van der Waals surface area contributed by atoms with Gasteiger partial charge in [-0.3, -0.25) is 14.5 Å². The summed E-state index contributed by atoms with van der Waals surface area (Å²) < 4.78 is 13.5. The molecule has 0 unspecified atom stereocenters. The van der Waals surface area contributed by atoms with Crippen LogP contribution in [0.15, 0.2) is 18.2 Å². The van der Waals surface area contributed by atoms with Crippen LogP contribution >= 0.6 is 0 Å². The van der Waals surface area contributed by atoms with Crippen molar-refractivity contribution in [3.63, 3.8) is 0 Å². The molecule has 0 aliphatic carbocycles. The predicted molar refractivity (Wildman–Crippen MR) is 65.9 cm³/mol. The highest BCUT2D eigenvalue weighted by Gasteiger charge is 2.37. The second-order valence-corrected chi connectivity index (χ2v) is 4.48. The third-order valence-electron chi connectivity index (χ3n) is 3.18. The topological polar surface area (TPSA) is 37.4 Å². The van der Waals surface area contributed by atoms with Gasteiger partial charge in [0.15, 0.2) is 0 Å². The number of hydrogen-bond donors (Lipinski definition) is 0. The number of benzene rings is 1. The second kappa shape index (κ2) is 5.29. The van der Waals surface area contributed by atoms with Crippen LogP contribution in [-0.2, 0) is 0 Å². The molecule has 0 saturated carbocycles. The Hall–Kier alpha value is -1.71. The third-order valence-corrected chi connectivity index (χ3v) is 3.18. The van der Waals surface area contributed by atoms with Gasteiger partial charge in [0.2, 0.25) is 0 Å². The number of rotatable bonds is 5. The Labute approximate surface area is 106 Å². The Bertz CT molecular complexity index is 485. The number of nitrogens with zero attached hydrogens (tertiary/aromatic N) is 1. The largest absolute Gasteiger partial charge is 0.274 e. The van der Waals surface area contributed by atoms with E-state index in [1.165, 1.54) is 18.2 Å². The van der Waals surface area contributed by atoms with Gasteiger partial charge in [0.05, 0.1) is 11.1 Å². The third kappa shape index (κ3) is 2.15. The molecule has 0 fully saturated rings. The van der Waals surface area contributed by atoms with E-state index in [0.29, 0.717) is 6.54 Å². The lowest BCUT2D eigenvalue weighted by atomic mass is 10.1. The maximum atomic E-state index is 13.5. The van der Waals surface area contributed by atoms with E-state index in [-0.39, 0.29) is 17.0 Å². The van der Waals surface area contributed by atoms with E-state index in [9.17, 15) is 14.0 Å². The number of carbonyl (C=O) groups excluding carboxylic acids is 2. The highest BCUT2D eigenvalue weighted by atomic mass is 19.1. The summed E-state index contributed by atoms with van der Waals surface area (Å²) in [6.07, 6.45) is 3.93. The molecule has 1 aromatic carbocycles. The fraction of sp³-hybridized carbons (Fsp3) is 0.429. The molecule has 1 aliphatic rings. The lowest BCUT2D eigenvalue weighted by Gasteiger charge is -2.13. The molecular weight excluding hydrogens is 233 g/mol. The van der Waals surface area contributed by atoms with E-state index >= 15 is 0 Å². The van der Waals surface area contributed by atoms with Crippen LogP contribution < -0.4 is 0 Å². The number of carbonyl (C=O) groups is 2. The number of amides is 2. The standard InChI is InChI=1S/C14H16FNO2/c1-2-3-4-5-9-16-13(17)10-7-6-8-11(15)12(10)14(16)18/h6-8H,2-5,9H2,1H3. The van der Waals surface area contributed by atoms with Crippen LogP contribution in [0, 0.1) is 5.82 Å². The molecule has 2 rings (SSSR count). The zero-order valence-corrected chi connectivity index (χ0v) is 10.4. The average Bonchev–Trinajstić information content (AvgIpc) is 2.60. The summed E-state index contributed by atoms with van der Waals surface area (Å²) in [5.41, 5.74) is 0.119. The van der Waals surface area contributed by atoms with Crippen LogP contribution in [-0.4, -0.2) is 23.3 Å². The minimum absolute atomic E-state index is 0.0713. The smallest absolute Gasteiger partial charge is 0.264 e. The molecule has 96 valence electrons. The lowest BCUT2D eigenvalue weighted by molar-refractivity contribution is 0.0650. The molecule has 2 amide bonds. The molecule has 0 radical (unpaired) electrons. The maximum absolute atomic E-state index is 13.5. The quantitative estimate of drug-likeness (QED) is 0.594. The van der Waals surface area contributed by atoms with Gasteiger partial charge >= 0.3 is 0 Å². The second-order valence-electron chi connectivity index (χ2n) is 4.48. The molecule has 0 bridgehead atoms. The van der Waals surface area contributed by atoms with Gasteiger partial charge in [-0.25, -0.2) is 4.39 Å². The lowest BCUT2D eigenvalue weighted by Crippen LogP contribution is -2.30. The molecule has 1 aromatic rings. The Kier molecular flexibility index (Phi) is 3.75. The SMILES string of the molecule is CCCCCCN1C(=O)c2cccc(F)c2C1=O. The summed E-state index contributed by atoms with van der Waals surface area (Å²) in [4.78, 5) is 25.1. The summed E-state index contributed by atoms with van der Waals surface area (Å²) in [6.45, 7) is 2.48. The van der Waals surface area contributed by atoms with Crippen molar-refractivity contribution in [1.29, 1.82) is 0 Å². The van der Waals surface area contributed by atoms with E-state index in [1.807, 2.05) is 0 Å². The molecule has 18 heavy (non-hydrogen) atoms. The van der Waals surface area contributed by atoms with Crippen molar-refractivity contribution >= 4 is 11.8 Å². The first-order valence-corrected chi connectivity index (χ1v) is 6.31. The fourth-order valence-electron chi connectivity index (χ4n) is 2.19. The number of fused-ring (bicyclic) bond motifs is 1. The van der Waals surface area contributed by atoms with Crippen LogP contribution in [0.5, 0.6) is 0 Å². The van der Waals surface area contributed by atoms with Gasteiger partial charge in [-0.2, -0.15) is 0 Å². The highest BCUT2D eigenvalue weighted by Crippen LogP contribution is 2.25. The van der Waals surface area contributed by atoms with Crippen LogP contribution in [0.4, 0.5) is 4.39 Å². The van der Waals surface area contributed by atoms with Gasteiger partial charge in [0.25, 0.3) is 11.8 Å². The zero-order chi connectivity index (χ0) is 13.1. The molecule has 4 heteroatoms. The summed E-state index contributed by atoms with van der Waals surface area (Å²) in [6, 6.07) is 4.18. The van der Waals surface area contributed by atoms with E-state index in [1.54, 1.807) is 0 Å². The van der Waals surface area contributed by atoms with E-state index in [2.05, 4.69) is 6.92 Å². The van der Waals surface area contributed by atoms with Gasteiger partial charge < -0.3 is 0 Å². The van der Waals surface area contributed by atoms with Gasteiger partial charge in [0, 0.05) is 6.54 Å². The molecule has 3 nitrogen and oxygen atoms in total. The van der Waals surface area contributed by atoms with Gasteiger partial charge in [-0.15, -0.1) is 0 Å². The summed E-state index contributed by atoms with van der Waals surface area (Å²) in [7, 11) is 0. The Balaban J connectivity index is 2.11. The molecular formula is C14H16FNO2. The molecule has 0 spiro atoms. The van der Waals surface area contributed by atoms with Crippen molar-refractivity contribution in [2.24, 2.45) is 0 Å². The van der Waals surface area contributed by atoms with Crippen molar-refractivity contribution in [2.45, 2.75) is 32.6 Å². The minimum Gasteiger partial charge on any atom is -0.274 e. The number of halogens is 1. The maximum Gasteiger partial charge on any atom is 0.264 e. The molecule has 0 atom stereocenters. The Morgan fingerprint density at radius 1 is 1.11 bits per heavy atom. The van der Waals surface area contributed by atoms with E-state index in [0.717, 1.165) is 30.6 Å². The molecule has 0 N–H and O–H groups in total. The van der Waals surface area contributed by atoms with Crippen LogP contribution in [0.1, 0.15) is 53.3 Å². The van der Waals surface area contributed by atoms with Crippen molar-refractivity contribution in [3.05, 3.63) is 35.1 Å². The monoisotopic (exact) mass is 249 g/mol. The van der Waals surface area contributed by atoms with Crippen molar-refractivity contribution < 1.29 is 14.0 Å². The number of unbranched alkanes of at least 4 members (excludes halogenated alkanes) is 3. The zero-order valence-electron chi connectivity index (χ0n) is 10.4. The average molecular weight is 249 g/mol. The van der Waals surface area contributed by atoms with Crippen molar-refractivity contribution in [3.8, 4) is 0 Å². The van der Waals surface area contributed by atoms with E-state index < -0.39 is 11.7 Å². The summed E-state index contributed by atoms with van der Waals surface area (Å²) >= 11 is 0. The van der Waals surface area contributed by atoms with Crippen LogP contribution in [0.25, 0.3) is 0 Å². The first-order chi connectivity index (χ1) is 8.66. The van der Waals surface area contributed by atoms with Crippen molar-refractivity contribution in [1.82, 2.24) is 4.90 Å². The first-order valence-electron chi connectivity index (χ1n) is 6.31. The van der Waals surface area contributed by atoms with Crippen LogP contribution in [0.3, 0.4) is 0 Å². The molecule has 1 aliphatic heterocycles. The van der Waals surface area contributed by atoms with Crippen molar-refractivity contribution in [2.75, 3.05) is 6.54 Å². The Morgan fingerprint density at radius 2 is 1.89 bits per heavy atom. The molecule has 0 saturated heterocycles. The molecule has 0 aromatic heterocycles.